The van der Waals surface area contributed by atoms with Crippen LogP contribution in [0, 0.1) is 0 Å². The Morgan fingerprint density at radius 1 is 0.966 bits per heavy atom. The minimum Gasteiger partial charge on any atom is -0.472 e. The van der Waals surface area contributed by atoms with Crippen LogP contribution < -0.4 is 14.2 Å². The summed E-state index contributed by atoms with van der Waals surface area (Å²) in [5, 5.41) is 7.85. The molecule has 0 bridgehead atoms. The van der Waals surface area contributed by atoms with Crippen molar-refractivity contribution in [1.29, 1.82) is 0 Å². The fourth-order valence-electron chi connectivity index (χ4n) is 2.29. The summed E-state index contributed by atoms with van der Waals surface area (Å²) in [6, 6.07) is 7.50. The first-order valence-electron chi connectivity index (χ1n) is 8.14. The smallest absolute Gasteiger partial charge is 0.316 e. The van der Waals surface area contributed by atoms with E-state index in [9.17, 15) is 8.42 Å². The van der Waals surface area contributed by atoms with Crippen LogP contribution in [0.15, 0.2) is 51.8 Å². The predicted molar refractivity (Wildman–Crippen MR) is 114 cm³/mol. The quantitative estimate of drug-likeness (QED) is 0.429. The lowest BCUT2D eigenvalue weighted by atomic mass is 10.1. The van der Waals surface area contributed by atoms with Gasteiger partial charge in [0.1, 0.15) is 13.2 Å². The Labute approximate surface area is 184 Å². The lowest BCUT2D eigenvalue weighted by Crippen LogP contribution is -2.14. The number of hydrogen-bond donors (Lipinski definition) is 1. The van der Waals surface area contributed by atoms with E-state index in [2.05, 4.69) is 56.7 Å². The van der Waals surface area contributed by atoms with Crippen LogP contribution in [0.4, 0.5) is 5.69 Å². The second-order valence-corrected chi connectivity index (χ2v) is 9.28. The van der Waals surface area contributed by atoms with E-state index >= 15 is 0 Å². The maximum atomic E-state index is 11.7. The Balaban J connectivity index is 1.80. The Morgan fingerprint density at radius 3 is 2.28 bits per heavy atom. The van der Waals surface area contributed by atoms with E-state index in [1.807, 2.05) is 24.3 Å². The molecule has 0 amide bonds. The summed E-state index contributed by atoms with van der Waals surface area (Å²) in [6.07, 6.45) is 5.53. The van der Waals surface area contributed by atoms with Gasteiger partial charge in [-0.1, -0.05) is 28.1 Å². The molecule has 12 heteroatoms. The van der Waals surface area contributed by atoms with Crippen molar-refractivity contribution < 1.29 is 17.9 Å². The van der Waals surface area contributed by atoms with Crippen LogP contribution in [0.2, 0.25) is 0 Å². The zero-order valence-electron chi connectivity index (χ0n) is 15.0. The highest BCUT2D eigenvalue weighted by Gasteiger charge is 2.17. The molecular weight excluding hydrogens is 530 g/mol. The summed E-state index contributed by atoms with van der Waals surface area (Å²) < 4.78 is 38.7. The fraction of sp³-hybridized carbons (Fsp3) is 0.176. The minimum atomic E-state index is -3.52. The number of aromatic nitrogens is 4. The molecule has 152 valence electrons. The Kier molecular flexibility index (Phi) is 6.98. The van der Waals surface area contributed by atoms with Gasteiger partial charge >= 0.3 is 6.01 Å². The maximum absolute atomic E-state index is 11.7. The molecule has 0 unspecified atom stereocenters. The van der Waals surface area contributed by atoms with Gasteiger partial charge in [-0.25, -0.2) is 18.4 Å². The number of nitrogens with zero attached hydrogens (tertiary/aromatic N) is 4. The zero-order chi connectivity index (χ0) is 20.9. The maximum Gasteiger partial charge on any atom is 0.316 e. The monoisotopic (exact) mass is 543 g/mol. The third kappa shape index (κ3) is 6.34. The first-order chi connectivity index (χ1) is 13.8. The highest BCUT2D eigenvalue weighted by Crippen LogP contribution is 2.35. The van der Waals surface area contributed by atoms with Gasteiger partial charge in [-0.3, -0.25) is 4.72 Å². The molecule has 0 aliphatic rings. The van der Waals surface area contributed by atoms with Crippen LogP contribution in [-0.2, 0) is 10.0 Å². The van der Waals surface area contributed by atoms with Crippen molar-refractivity contribution in [3.63, 3.8) is 0 Å². The third-order valence-electron chi connectivity index (χ3n) is 3.40. The molecule has 2 heterocycles. The summed E-state index contributed by atoms with van der Waals surface area (Å²) in [6.45, 7) is 0.285. The summed E-state index contributed by atoms with van der Waals surface area (Å²) >= 11 is 6.63. The van der Waals surface area contributed by atoms with E-state index in [1.54, 1.807) is 12.4 Å². The van der Waals surface area contributed by atoms with Gasteiger partial charge in [-0.05, 0) is 33.6 Å². The number of rotatable bonds is 8. The molecule has 0 fully saturated rings. The average molecular weight is 545 g/mol. The van der Waals surface area contributed by atoms with Crippen LogP contribution in [0.5, 0.6) is 11.9 Å². The number of anilines is 1. The molecule has 0 saturated carbocycles. The van der Waals surface area contributed by atoms with Gasteiger partial charge in [0.15, 0.2) is 0 Å². The van der Waals surface area contributed by atoms with E-state index < -0.39 is 10.0 Å². The summed E-state index contributed by atoms with van der Waals surface area (Å²) in [5.41, 5.74) is 1.44. The molecular formula is C17H15Br2N5O4S. The number of benzene rings is 1. The van der Waals surface area contributed by atoms with Crippen molar-refractivity contribution in [2.45, 2.75) is 0 Å². The highest BCUT2D eigenvalue weighted by atomic mass is 79.9. The lowest BCUT2D eigenvalue weighted by Gasteiger charge is -2.14. The Hall–Kier alpha value is -2.31. The molecule has 0 aliphatic heterocycles. The standard InChI is InChI=1S/C17H15Br2N5O4S/c1-29(25,26)24-14-10-22-23-16(15(14)11-2-4-12(18)5-3-11)27-6-7-28-17-20-8-13(19)9-21-17/h2-5,8-10H,6-7H2,1H3,(H,23,24). The van der Waals surface area contributed by atoms with Crippen molar-refractivity contribution in [3.8, 4) is 23.0 Å². The first-order valence-corrected chi connectivity index (χ1v) is 11.6. The number of sulfonamides is 1. The molecule has 0 atom stereocenters. The molecule has 9 nitrogen and oxygen atoms in total. The number of halogens is 2. The molecule has 0 spiro atoms. The first kappa shape index (κ1) is 21.4. The van der Waals surface area contributed by atoms with Gasteiger partial charge in [0.25, 0.3) is 0 Å². The topological polar surface area (TPSA) is 116 Å². The number of nitrogens with one attached hydrogen (secondary N) is 1. The van der Waals surface area contributed by atoms with E-state index in [1.165, 1.54) is 6.20 Å². The van der Waals surface area contributed by atoms with Crippen LogP contribution in [0.25, 0.3) is 11.1 Å². The van der Waals surface area contributed by atoms with E-state index in [-0.39, 0.29) is 30.8 Å². The predicted octanol–water partition coefficient (Wildman–Crippen LogP) is 3.29. The average Bonchev–Trinajstić information content (AvgIpc) is 2.66. The molecule has 3 aromatic rings. The van der Waals surface area contributed by atoms with Crippen LogP contribution in [0.1, 0.15) is 0 Å². The second-order valence-electron chi connectivity index (χ2n) is 5.70. The zero-order valence-corrected chi connectivity index (χ0v) is 19.0. The second kappa shape index (κ2) is 9.46. The Bertz CT molecular complexity index is 1080. The van der Waals surface area contributed by atoms with Crippen LogP contribution in [-0.4, -0.2) is 48.1 Å². The molecule has 1 aromatic carbocycles. The molecule has 0 radical (unpaired) electrons. The van der Waals surface area contributed by atoms with Gasteiger partial charge in [0.05, 0.1) is 28.2 Å². The highest BCUT2D eigenvalue weighted by molar-refractivity contribution is 9.10. The van der Waals surface area contributed by atoms with Crippen LogP contribution in [0.3, 0.4) is 0 Å². The summed E-state index contributed by atoms with van der Waals surface area (Å²) in [5.74, 6) is 0.168. The lowest BCUT2D eigenvalue weighted by molar-refractivity contribution is 0.201. The number of ether oxygens (including phenoxy) is 2. The van der Waals surface area contributed by atoms with E-state index in [0.29, 0.717) is 11.1 Å². The third-order valence-corrected chi connectivity index (χ3v) is 4.93. The van der Waals surface area contributed by atoms with Crippen molar-refractivity contribution in [2.75, 3.05) is 24.2 Å². The van der Waals surface area contributed by atoms with Gasteiger partial charge in [-0.15, -0.1) is 5.10 Å². The molecule has 29 heavy (non-hydrogen) atoms. The fourth-order valence-corrected chi connectivity index (χ4v) is 3.31. The summed E-state index contributed by atoms with van der Waals surface area (Å²) in [7, 11) is -3.52. The van der Waals surface area contributed by atoms with E-state index in [4.69, 9.17) is 9.47 Å². The molecule has 3 rings (SSSR count). The van der Waals surface area contributed by atoms with Gasteiger partial charge in [0.2, 0.25) is 15.9 Å². The largest absolute Gasteiger partial charge is 0.472 e. The minimum absolute atomic E-state index is 0.125. The molecule has 1 N–H and O–H groups in total. The van der Waals surface area contributed by atoms with Crippen molar-refractivity contribution in [1.82, 2.24) is 20.2 Å². The Morgan fingerprint density at radius 2 is 1.62 bits per heavy atom. The SMILES string of the molecule is CS(=O)(=O)Nc1cnnc(OCCOc2ncc(Br)cn2)c1-c1ccc(Br)cc1. The normalized spacial score (nSPS) is 11.1. The van der Waals surface area contributed by atoms with Crippen molar-refractivity contribution >= 4 is 47.6 Å². The van der Waals surface area contributed by atoms with Gasteiger partial charge in [0, 0.05) is 16.9 Å². The molecule has 0 saturated heterocycles. The van der Waals surface area contributed by atoms with Crippen molar-refractivity contribution in [2.24, 2.45) is 0 Å². The number of hydrogen-bond acceptors (Lipinski definition) is 8. The molecule has 0 aliphatic carbocycles. The van der Waals surface area contributed by atoms with Crippen LogP contribution >= 0.6 is 31.9 Å². The van der Waals surface area contributed by atoms with E-state index in [0.717, 1.165) is 15.2 Å². The van der Waals surface area contributed by atoms with Gasteiger partial charge in [-0.2, -0.15) is 5.10 Å². The van der Waals surface area contributed by atoms with Crippen molar-refractivity contribution in [3.05, 3.63) is 51.8 Å². The van der Waals surface area contributed by atoms with Gasteiger partial charge < -0.3 is 9.47 Å². The molecule has 2 aromatic heterocycles. The summed E-state index contributed by atoms with van der Waals surface area (Å²) in [4.78, 5) is 8.01.